The number of aryl methyl sites for hydroxylation is 1. The van der Waals surface area contributed by atoms with E-state index in [2.05, 4.69) is 23.5 Å². The van der Waals surface area contributed by atoms with Gasteiger partial charge in [-0.15, -0.1) is 0 Å². The molecule has 1 unspecified atom stereocenters. The number of benzene rings is 2. The first kappa shape index (κ1) is 14.8. The van der Waals surface area contributed by atoms with Crippen molar-refractivity contribution in [2.75, 3.05) is 5.32 Å². The van der Waals surface area contributed by atoms with Gasteiger partial charge in [-0.25, -0.2) is 14.3 Å². The minimum Gasteiger partial charge on any atom is -0.375 e. The quantitative estimate of drug-likeness (QED) is 0.715. The van der Waals surface area contributed by atoms with Gasteiger partial charge in [0.2, 0.25) is 0 Å². The Kier molecular flexibility index (Phi) is 3.69. The number of primary amides is 1. The summed E-state index contributed by atoms with van der Waals surface area (Å²) in [7, 11) is 0. The number of hydrogen-bond donors (Lipinski definition) is 2. The first-order chi connectivity index (χ1) is 11.7. The largest absolute Gasteiger partial charge is 0.375 e. The smallest absolute Gasteiger partial charge is 0.324 e. The van der Waals surface area contributed by atoms with Gasteiger partial charge in [-0.2, -0.15) is 0 Å². The molecule has 4 rings (SSSR count). The minimum absolute atomic E-state index is 0.0358. The van der Waals surface area contributed by atoms with Crippen LogP contribution in [0.15, 0.2) is 48.5 Å². The number of nitrogens with zero attached hydrogens (tertiary/aromatic N) is 2. The highest BCUT2D eigenvalue weighted by molar-refractivity contribution is 5.89. The van der Waals surface area contributed by atoms with Crippen molar-refractivity contribution in [1.82, 2.24) is 9.55 Å². The molecule has 1 aliphatic rings. The van der Waals surface area contributed by atoms with Gasteiger partial charge < -0.3 is 11.1 Å². The van der Waals surface area contributed by atoms with Crippen molar-refractivity contribution in [2.45, 2.75) is 31.7 Å². The third-order valence-electron chi connectivity index (χ3n) is 4.65. The van der Waals surface area contributed by atoms with Gasteiger partial charge in [-0.1, -0.05) is 36.8 Å². The highest BCUT2D eigenvalue weighted by Gasteiger charge is 2.24. The first-order valence-corrected chi connectivity index (χ1v) is 8.35. The van der Waals surface area contributed by atoms with Crippen molar-refractivity contribution < 1.29 is 4.79 Å². The Hall–Kier alpha value is -2.82. The molecule has 3 N–H and O–H groups in total. The molecule has 24 heavy (non-hydrogen) atoms. The second-order valence-electron chi connectivity index (χ2n) is 6.23. The fourth-order valence-electron chi connectivity index (χ4n) is 3.51. The summed E-state index contributed by atoms with van der Waals surface area (Å²) in [4.78, 5) is 16.8. The van der Waals surface area contributed by atoms with E-state index < -0.39 is 6.03 Å². The number of rotatable bonds is 1. The summed E-state index contributed by atoms with van der Waals surface area (Å²) in [5.41, 5.74) is 9.63. The van der Waals surface area contributed by atoms with Crippen molar-refractivity contribution in [1.29, 1.82) is 0 Å². The molecule has 2 aromatic carbocycles. The number of fused-ring (bicyclic) bond motifs is 2. The molecule has 1 amide bonds. The molecule has 0 saturated carbocycles. The number of hydrogen-bond acceptors (Lipinski definition) is 3. The van der Waals surface area contributed by atoms with Crippen LogP contribution in [0, 0.1) is 0 Å². The molecule has 0 bridgehead atoms. The van der Waals surface area contributed by atoms with Crippen LogP contribution >= 0.6 is 0 Å². The molecule has 1 atom stereocenters. The highest BCUT2D eigenvalue weighted by Crippen LogP contribution is 2.31. The van der Waals surface area contributed by atoms with Gasteiger partial charge in [0, 0.05) is 5.69 Å². The number of amides is 1. The monoisotopic (exact) mass is 320 g/mol. The average Bonchev–Trinajstić information content (AvgIpc) is 2.95. The van der Waals surface area contributed by atoms with Crippen LogP contribution < -0.4 is 11.1 Å². The summed E-state index contributed by atoms with van der Waals surface area (Å²) in [5, 5.41) is 3.58. The molecule has 5 nitrogen and oxygen atoms in total. The van der Waals surface area contributed by atoms with E-state index in [4.69, 9.17) is 10.7 Å². The average molecular weight is 320 g/mol. The Labute approximate surface area is 140 Å². The lowest BCUT2D eigenvalue weighted by Crippen LogP contribution is -2.26. The Bertz CT molecular complexity index is 899. The lowest BCUT2D eigenvalue weighted by molar-refractivity contribution is 0.250. The molecular formula is C19H20N4O. The third-order valence-corrected chi connectivity index (χ3v) is 4.65. The Balaban J connectivity index is 1.82. The Morgan fingerprint density at radius 3 is 2.79 bits per heavy atom. The molecule has 2 heterocycles. The number of carbonyl (C=O) groups is 1. The standard InChI is InChI=1S/C19H20N4O/c20-19(24)23-17-12-6-5-10-15(17)22-18(23)16-11-4-2-8-13-7-1-3-9-14(13)21-16/h1,3,5-7,9-10,12,16,21H,2,4,8,11H2,(H2,20,24). The van der Waals surface area contributed by atoms with Crippen LogP contribution in [0.1, 0.15) is 36.7 Å². The van der Waals surface area contributed by atoms with Crippen LogP contribution in [0.25, 0.3) is 11.0 Å². The number of nitrogens with two attached hydrogens (primary N) is 1. The molecule has 0 saturated heterocycles. The number of nitrogens with one attached hydrogen (secondary N) is 1. The number of carbonyl (C=O) groups excluding carboxylic acids is 1. The van der Waals surface area contributed by atoms with E-state index in [1.165, 1.54) is 10.1 Å². The predicted octanol–water partition coefficient (Wildman–Crippen LogP) is 3.84. The zero-order chi connectivity index (χ0) is 16.5. The van der Waals surface area contributed by atoms with Crippen molar-refractivity contribution in [2.24, 2.45) is 5.73 Å². The van der Waals surface area contributed by atoms with Crippen LogP contribution in [-0.2, 0) is 6.42 Å². The van der Waals surface area contributed by atoms with E-state index in [0.29, 0.717) is 5.82 Å². The van der Waals surface area contributed by atoms with Gasteiger partial charge >= 0.3 is 6.03 Å². The lowest BCUT2D eigenvalue weighted by atomic mass is 9.98. The molecular weight excluding hydrogens is 300 g/mol. The molecule has 1 aliphatic heterocycles. The fraction of sp³-hybridized carbons (Fsp3) is 0.263. The van der Waals surface area contributed by atoms with Crippen molar-refractivity contribution in [3.8, 4) is 0 Å². The van der Waals surface area contributed by atoms with Crippen molar-refractivity contribution >= 4 is 22.8 Å². The molecule has 5 heteroatoms. The Morgan fingerprint density at radius 1 is 1.12 bits per heavy atom. The van der Waals surface area contributed by atoms with Crippen molar-refractivity contribution in [3.63, 3.8) is 0 Å². The van der Waals surface area contributed by atoms with Crippen LogP contribution in [0.4, 0.5) is 10.5 Å². The summed E-state index contributed by atoms with van der Waals surface area (Å²) < 4.78 is 1.54. The van der Waals surface area contributed by atoms with E-state index in [1.807, 2.05) is 30.3 Å². The normalized spacial score (nSPS) is 17.6. The molecule has 0 spiro atoms. The van der Waals surface area contributed by atoms with E-state index in [1.54, 1.807) is 0 Å². The van der Waals surface area contributed by atoms with Gasteiger partial charge in [0.05, 0.1) is 17.1 Å². The Morgan fingerprint density at radius 2 is 1.92 bits per heavy atom. The van der Waals surface area contributed by atoms with Crippen LogP contribution in [0.5, 0.6) is 0 Å². The molecule has 0 radical (unpaired) electrons. The molecule has 122 valence electrons. The summed E-state index contributed by atoms with van der Waals surface area (Å²) in [6.07, 6.45) is 4.20. The SMILES string of the molecule is NC(=O)n1c(C2CCCCc3ccccc3N2)nc2ccccc21. The first-order valence-electron chi connectivity index (χ1n) is 8.35. The lowest BCUT2D eigenvalue weighted by Gasteiger charge is -2.24. The summed E-state index contributed by atoms with van der Waals surface area (Å²) >= 11 is 0. The maximum absolute atomic E-state index is 12.1. The molecule has 1 aromatic heterocycles. The molecule has 3 aromatic rings. The van der Waals surface area contributed by atoms with E-state index in [9.17, 15) is 4.79 Å². The molecule has 0 aliphatic carbocycles. The second kappa shape index (κ2) is 6.00. The minimum atomic E-state index is -0.490. The van der Waals surface area contributed by atoms with E-state index in [0.717, 1.165) is 42.4 Å². The second-order valence-corrected chi connectivity index (χ2v) is 6.23. The van der Waals surface area contributed by atoms with Gasteiger partial charge in [0.25, 0.3) is 0 Å². The molecule has 0 fully saturated rings. The van der Waals surface area contributed by atoms with Gasteiger partial charge in [0.1, 0.15) is 5.82 Å². The number of aromatic nitrogens is 2. The van der Waals surface area contributed by atoms with Crippen LogP contribution in [0.3, 0.4) is 0 Å². The maximum Gasteiger partial charge on any atom is 0.324 e. The number of para-hydroxylation sites is 3. The summed E-state index contributed by atoms with van der Waals surface area (Å²) in [5.74, 6) is 0.695. The number of anilines is 1. The highest BCUT2D eigenvalue weighted by atomic mass is 16.2. The number of imidazole rings is 1. The summed E-state index contributed by atoms with van der Waals surface area (Å²) in [6.45, 7) is 0. The van der Waals surface area contributed by atoms with E-state index >= 15 is 0 Å². The zero-order valence-corrected chi connectivity index (χ0v) is 13.4. The fourth-order valence-corrected chi connectivity index (χ4v) is 3.51. The maximum atomic E-state index is 12.1. The van der Waals surface area contributed by atoms with E-state index in [-0.39, 0.29) is 6.04 Å². The van der Waals surface area contributed by atoms with Crippen LogP contribution in [0.2, 0.25) is 0 Å². The predicted molar refractivity (Wildman–Crippen MR) is 95.1 cm³/mol. The third kappa shape index (κ3) is 2.52. The van der Waals surface area contributed by atoms with Gasteiger partial charge in [0.15, 0.2) is 0 Å². The zero-order valence-electron chi connectivity index (χ0n) is 13.4. The summed E-state index contributed by atoms with van der Waals surface area (Å²) in [6, 6.07) is 15.4. The van der Waals surface area contributed by atoms with Crippen molar-refractivity contribution in [3.05, 3.63) is 59.9 Å². The topological polar surface area (TPSA) is 72.9 Å². The van der Waals surface area contributed by atoms with Crippen LogP contribution in [-0.4, -0.2) is 15.6 Å². The van der Waals surface area contributed by atoms with Gasteiger partial charge in [-0.05, 0) is 43.0 Å². The van der Waals surface area contributed by atoms with Gasteiger partial charge in [-0.3, -0.25) is 0 Å².